The molecule has 0 aliphatic carbocycles. The molecule has 0 saturated carbocycles. The third-order valence-electron chi connectivity index (χ3n) is 8.01. The molecule has 2 atom stereocenters. The molecule has 3 amide bonds. The van der Waals surface area contributed by atoms with Gasteiger partial charge < -0.3 is 19.4 Å². The number of rotatable bonds is 5. The molecule has 2 fully saturated rings. The molecule has 0 radical (unpaired) electrons. The molecule has 3 aliphatic rings. The Labute approximate surface area is 230 Å². The van der Waals surface area contributed by atoms with Gasteiger partial charge in [-0.1, -0.05) is 30.4 Å². The monoisotopic (exact) mass is 531 g/mol. The molecule has 1 aromatic carbocycles. The quantitative estimate of drug-likeness (QED) is 0.434. The second kappa shape index (κ2) is 12.9. The molecule has 3 aliphatic heterocycles. The van der Waals surface area contributed by atoms with Gasteiger partial charge in [-0.2, -0.15) is 0 Å². The number of piperazine rings is 1. The van der Waals surface area contributed by atoms with Crippen LogP contribution in [-0.2, 0) is 27.5 Å². The summed E-state index contributed by atoms with van der Waals surface area (Å²) in [5.41, 5.74) is 2.15. The number of para-hydroxylation sites is 1. The molecule has 0 N–H and O–H groups in total. The maximum Gasteiger partial charge on any atom is 0.236 e. The van der Waals surface area contributed by atoms with Crippen LogP contribution in [0.4, 0.5) is 0 Å². The maximum absolute atomic E-state index is 13.6. The highest BCUT2D eigenvalue weighted by atomic mass is 16.5. The Hall–Kier alpha value is -3.72. The second-order valence-corrected chi connectivity index (χ2v) is 10.6. The van der Waals surface area contributed by atoms with Gasteiger partial charge in [0.05, 0.1) is 6.54 Å². The second-order valence-electron chi connectivity index (χ2n) is 10.6. The first-order valence-electron chi connectivity index (χ1n) is 13.8. The number of ether oxygens (including phenoxy) is 1. The predicted molar refractivity (Wildman–Crippen MR) is 146 cm³/mol. The van der Waals surface area contributed by atoms with Gasteiger partial charge in [0, 0.05) is 76.7 Å². The number of piperidine rings is 1. The average Bonchev–Trinajstić information content (AvgIpc) is 2.97. The first-order valence-corrected chi connectivity index (χ1v) is 13.8. The predicted octanol–water partition coefficient (Wildman–Crippen LogP) is 2.19. The summed E-state index contributed by atoms with van der Waals surface area (Å²) in [5.74, 6) is 1.30. The Bertz CT molecular complexity index is 1160. The molecule has 9 nitrogen and oxygen atoms in total. The maximum atomic E-state index is 13.6. The van der Waals surface area contributed by atoms with E-state index in [9.17, 15) is 14.4 Å². The molecule has 39 heavy (non-hydrogen) atoms. The lowest BCUT2D eigenvalue weighted by Crippen LogP contribution is -2.50. The molecule has 206 valence electrons. The summed E-state index contributed by atoms with van der Waals surface area (Å²) in [4.78, 5) is 49.6. The van der Waals surface area contributed by atoms with Crippen LogP contribution in [0, 0.1) is 11.8 Å². The van der Waals surface area contributed by atoms with Crippen molar-refractivity contribution in [3.63, 3.8) is 0 Å². The van der Waals surface area contributed by atoms with E-state index in [4.69, 9.17) is 4.74 Å². The molecule has 4 heterocycles. The number of hydrogen-bond acceptors (Lipinski definition) is 6. The molecule has 2 saturated heterocycles. The highest BCUT2D eigenvalue weighted by Crippen LogP contribution is 2.30. The molecule has 0 unspecified atom stereocenters. The number of carbonyl (C=O) groups excluding carboxylic acids is 3. The highest BCUT2D eigenvalue weighted by Gasteiger charge is 2.33. The number of benzene rings is 1. The van der Waals surface area contributed by atoms with Gasteiger partial charge in [0.25, 0.3) is 0 Å². The molecule has 9 heteroatoms. The van der Waals surface area contributed by atoms with Crippen molar-refractivity contribution < 1.29 is 19.1 Å². The molecule has 5 rings (SSSR count). The largest absolute Gasteiger partial charge is 0.489 e. The lowest BCUT2D eigenvalue weighted by atomic mass is 9.82. The number of hydrogen-bond donors (Lipinski definition) is 0. The number of amides is 3. The Morgan fingerprint density at radius 3 is 2.62 bits per heavy atom. The number of aromatic nitrogens is 1. The van der Waals surface area contributed by atoms with Crippen LogP contribution in [0.3, 0.4) is 0 Å². The van der Waals surface area contributed by atoms with E-state index < -0.39 is 0 Å². The van der Waals surface area contributed by atoms with Crippen molar-refractivity contribution in [1.29, 1.82) is 0 Å². The Kier molecular flexibility index (Phi) is 8.88. The summed E-state index contributed by atoms with van der Waals surface area (Å²) in [6.07, 6.45) is 9.81. The lowest BCUT2D eigenvalue weighted by Gasteiger charge is -2.39. The lowest BCUT2D eigenvalue weighted by molar-refractivity contribution is -0.138. The fourth-order valence-electron chi connectivity index (χ4n) is 5.75. The van der Waals surface area contributed by atoms with Gasteiger partial charge in [-0.15, -0.1) is 0 Å². The van der Waals surface area contributed by atoms with E-state index in [1.807, 2.05) is 46.2 Å². The minimum Gasteiger partial charge on any atom is -0.489 e. The summed E-state index contributed by atoms with van der Waals surface area (Å²) >= 11 is 0. The van der Waals surface area contributed by atoms with E-state index in [0.717, 1.165) is 29.7 Å². The molecular formula is C30H37N5O4. The van der Waals surface area contributed by atoms with Crippen LogP contribution in [0.2, 0.25) is 0 Å². The van der Waals surface area contributed by atoms with Crippen LogP contribution in [0.1, 0.15) is 24.0 Å². The van der Waals surface area contributed by atoms with Crippen LogP contribution in [-0.4, -0.2) is 95.2 Å². The summed E-state index contributed by atoms with van der Waals surface area (Å²) in [6, 6.07) is 12.0. The third-order valence-corrected chi connectivity index (χ3v) is 8.01. The number of fused-ring (bicyclic) bond motifs is 3. The van der Waals surface area contributed by atoms with Crippen LogP contribution in [0.5, 0.6) is 5.75 Å². The van der Waals surface area contributed by atoms with Crippen molar-refractivity contribution in [2.45, 2.75) is 25.9 Å². The van der Waals surface area contributed by atoms with E-state index in [0.29, 0.717) is 71.9 Å². The fraction of sp³-hybridized carbons (Fsp3) is 0.467. The van der Waals surface area contributed by atoms with E-state index >= 15 is 0 Å². The van der Waals surface area contributed by atoms with Crippen LogP contribution in [0.25, 0.3) is 0 Å². The molecular weight excluding hydrogens is 494 g/mol. The summed E-state index contributed by atoms with van der Waals surface area (Å²) < 4.78 is 6.17. The Morgan fingerprint density at radius 1 is 1.03 bits per heavy atom. The number of pyridine rings is 1. The Morgan fingerprint density at radius 2 is 1.82 bits per heavy atom. The van der Waals surface area contributed by atoms with Gasteiger partial charge in [-0.3, -0.25) is 24.3 Å². The van der Waals surface area contributed by atoms with Crippen molar-refractivity contribution in [2.24, 2.45) is 11.8 Å². The van der Waals surface area contributed by atoms with E-state index in [1.165, 1.54) is 0 Å². The zero-order chi connectivity index (χ0) is 27.0. The van der Waals surface area contributed by atoms with Crippen molar-refractivity contribution in [2.75, 3.05) is 52.4 Å². The van der Waals surface area contributed by atoms with Crippen LogP contribution in [0.15, 0.2) is 60.9 Å². The zero-order valence-corrected chi connectivity index (χ0v) is 22.4. The minimum atomic E-state index is 0.0798. The van der Waals surface area contributed by atoms with Crippen molar-refractivity contribution in [3.05, 3.63) is 72.1 Å². The summed E-state index contributed by atoms with van der Waals surface area (Å²) in [7, 11) is 0. The van der Waals surface area contributed by atoms with Gasteiger partial charge in [-0.25, -0.2) is 0 Å². The standard InChI is InChI=1S/C30H37N5O4/c36-23-32-13-15-34(16-14-32)29(37)18-25-9-12-35-21-26(25)5-3-17-39-28-6-2-1-4-27(28)20-33(22-30(35)38)19-24-7-10-31-11-8-24/h1-8,10-11,23,25-26H,9,12-22H2/t25-,26-/m0/s1. The zero-order valence-electron chi connectivity index (χ0n) is 22.4. The Balaban J connectivity index is 1.31. The van der Waals surface area contributed by atoms with Crippen LogP contribution < -0.4 is 4.74 Å². The SMILES string of the molecule is O=CN1CCN(C(=O)C[C@@H]2CCN3C[C@@H]2C=CCOc2ccccc2CN(Cc2ccncc2)CC3=O)CC1. The smallest absolute Gasteiger partial charge is 0.236 e. The van der Waals surface area contributed by atoms with E-state index in [2.05, 4.69) is 22.0 Å². The number of nitrogens with zero attached hydrogens (tertiary/aromatic N) is 5. The summed E-state index contributed by atoms with van der Waals surface area (Å²) in [5, 5.41) is 0. The van der Waals surface area contributed by atoms with E-state index in [1.54, 1.807) is 17.3 Å². The van der Waals surface area contributed by atoms with Gasteiger partial charge in [-0.05, 0) is 42.0 Å². The third kappa shape index (κ3) is 7.03. The van der Waals surface area contributed by atoms with E-state index in [-0.39, 0.29) is 23.7 Å². The van der Waals surface area contributed by atoms with Gasteiger partial charge in [0.1, 0.15) is 12.4 Å². The van der Waals surface area contributed by atoms with Gasteiger partial charge in [0.2, 0.25) is 18.2 Å². The molecule has 1 aromatic heterocycles. The molecule has 0 spiro atoms. The van der Waals surface area contributed by atoms with Gasteiger partial charge >= 0.3 is 0 Å². The van der Waals surface area contributed by atoms with Crippen molar-refractivity contribution >= 4 is 18.2 Å². The molecule has 2 aromatic rings. The molecule has 2 bridgehead atoms. The fourth-order valence-corrected chi connectivity index (χ4v) is 5.75. The normalized spacial score (nSPS) is 22.7. The summed E-state index contributed by atoms with van der Waals surface area (Å²) in [6.45, 7) is 5.54. The number of carbonyl (C=O) groups is 3. The average molecular weight is 532 g/mol. The van der Waals surface area contributed by atoms with Crippen molar-refractivity contribution in [1.82, 2.24) is 24.6 Å². The first kappa shape index (κ1) is 26.9. The highest BCUT2D eigenvalue weighted by molar-refractivity contribution is 5.79. The first-order chi connectivity index (χ1) is 19.1. The topological polar surface area (TPSA) is 86.3 Å². The minimum absolute atomic E-state index is 0.0798. The van der Waals surface area contributed by atoms with Crippen molar-refractivity contribution in [3.8, 4) is 5.75 Å². The van der Waals surface area contributed by atoms with Crippen LogP contribution >= 0.6 is 0 Å². The van der Waals surface area contributed by atoms with Gasteiger partial charge in [0.15, 0.2) is 0 Å².